The van der Waals surface area contributed by atoms with Gasteiger partial charge in [0.15, 0.2) is 5.58 Å². The van der Waals surface area contributed by atoms with Gasteiger partial charge in [-0.3, -0.25) is 14.2 Å². The van der Waals surface area contributed by atoms with Gasteiger partial charge < -0.3 is 14.6 Å². The highest BCUT2D eigenvalue weighted by Gasteiger charge is 2.47. The Hall–Kier alpha value is -3.35. The summed E-state index contributed by atoms with van der Waals surface area (Å²) in [6.07, 6.45) is 4.89. The molecule has 2 heterocycles. The number of carbonyl (C=O) groups is 2. The van der Waals surface area contributed by atoms with E-state index in [1.54, 1.807) is 37.4 Å². The number of fused-ring (bicyclic) bond motifs is 2. The van der Waals surface area contributed by atoms with Crippen LogP contribution in [0.2, 0.25) is 0 Å². The molecule has 1 aliphatic heterocycles. The van der Waals surface area contributed by atoms with Crippen LogP contribution in [0.5, 0.6) is 0 Å². The molecule has 0 radical (unpaired) electrons. The van der Waals surface area contributed by atoms with Gasteiger partial charge in [-0.25, -0.2) is 4.79 Å². The summed E-state index contributed by atoms with van der Waals surface area (Å²) in [5, 5.41) is 2.95. The van der Waals surface area contributed by atoms with Crippen molar-refractivity contribution in [2.75, 3.05) is 5.32 Å². The van der Waals surface area contributed by atoms with Gasteiger partial charge in [-0.05, 0) is 49.4 Å². The zero-order valence-corrected chi connectivity index (χ0v) is 17.4. The van der Waals surface area contributed by atoms with E-state index in [-0.39, 0.29) is 17.9 Å². The molecule has 3 aromatic rings. The van der Waals surface area contributed by atoms with Crippen LogP contribution in [-0.2, 0) is 11.8 Å². The Balaban J connectivity index is 1.43. The van der Waals surface area contributed by atoms with E-state index in [0.29, 0.717) is 34.7 Å². The highest BCUT2D eigenvalue weighted by molar-refractivity contribution is 6.02. The number of benzene rings is 2. The zero-order chi connectivity index (χ0) is 21.5. The summed E-state index contributed by atoms with van der Waals surface area (Å²) in [5.74, 6) is -0.374. The molecule has 1 saturated heterocycles. The Labute approximate surface area is 179 Å². The molecule has 1 aromatic heterocycles. The number of nitrogens with one attached hydrogen (secondary N) is 1. The molecule has 31 heavy (non-hydrogen) atoms. The first-order chi connectivity index (χ1) is 15.0. The standard InChI is InChI=1S/C24H25N3O4/c1-26-19-12-11-17(14-21(19)31-24(26)30)25-22(28)20-13-16-9-5-6-10-18(16)27(20)23(29)15-7-3-2-4-8-15/h2-4,7-8,11-12,14,16,18,20H,5-6,9-10,13H2,1H3,(H,25,28). The summed E-state index contributed by atoms with van der Waals surface area (Å²) in [7, 11) is 1.64. The average molecular weight is 419 g/mol. The quantitative estimate of drug-likeness (QED) is 0.704. The number of anilines is 1. The maximum absolute atomic E-state index is 13.4. The lowest BCUT2D eigenvalue weighted by Crippen LogP contribution is -2.47. The van der Waals surface area contributed by atoms with Crippen molar-refractivity contribution in [2.24, 2.45) is 13.0 Å². The number of aromatic nitrogens is 1. The van der Waals surface area contributed by atoms with Crippen molar-refractivity contribution in [1.82, 2.24) is 9.47 Å². The van der Waals surface area contributed by atoms with Gasteiger partial charge in [0.1, 0.15) is 6.04 Å². The number of amides is 2. The van der Waals surface area contributed by atoms with Crippen LogP contribution < -0.4 is 11.1 Å². The van der Waals surface area contributed by atoms with Gasteiger partial charge in [-0.2, -0.15) is 0 Å². The van der Waals surface area contributed by atoms with Gasteiger partial charge in [-0.15, -0.1) is 0 Å². The second-order valence-electron chi connectivity index (χ2n) is 8.54. The van der Waals surface area contributed by atoms with Crippen LogP contribution in [0.3, 0.4) is 0 Å². The Kier molecular flexibility index (Phi) is 4.88. The molecule has 2 fully saturated rings. The first-order valence-electron chi connectivity index (χ1n) is 10.8. The van der Waals surface area contributed by atoms with Crippen molar-refractivity contribution in [3.63, 3.8) is 0 Å². The van der Waals surface area contributed by atoms with Crippen LogP contribution in [0.25, 0.3) is 11.1 Å². The van der Waals surface area contributed by atoms with Gasteiger partial charge >= 0.3 is 5.76 Å². The predicted octanol–water partition coefficient (Wildman–Crippen LogP) is 3.54. The molecular formula is C24H25N3O4. The van der Waals surface area contributed by atoms with E-state index in [1.165, 1.54) is 4.57 Å². The fraction of sp³-hybridized carbons (Fsp3) is 0.375. The molecule has 3 unspecified atom stereocenters. The molecular weight excluding hydrogens is 394 g/mol. The lowest BCUT2D eigenvalue weighted by Gasteiger charge is -2.33. The largest absolute Gasteiger partial charge is 0.419 e. The number of carbonyl (C=O) groups excluding carboxylic acids is 2. The molecule has 3 atom stereocenters. The normalized spacial score (nSPS) is 23.0. The monoisotopic (exact) mass is 419 g/mol. The van der Waals surface area contributed by atoms with E-state index < -0.39 is 11.8 Å². The van der Waals surface area contributed by atoms with E-state index in [1.807, 2.05) is 23.1 Å². The maximum Gasteiger partial charge on any atom is 0.419 e. The fourth-order valence-electron chi connectivity index (χ4n) is 5.15. The summed E-state index contributed by atoms with van der Waals surface area (Å²) in [4.78, 5) is 40.2. The molecule has 2 aromatic carbocycles. The van der Waals surface area contributed by atoms with Crippen molar-refractivity contribution in [3.05, 3.63) is 64.6 Å². The summed E-state index contributed by atoms with van der Waals surface area (Å²) in [5.41, 5.74) is 2.24. The second-order valence-corrected chi connectivity index (χ2v) is 8.54. The van der Waals surface area contributed by atoms with Crippen molar-refractivity contribution in [1.29, 1.82) is 0 Å². The first kappa shape index (κ1) is 19.6. The molecule has 7 nitrogen and oxygen atoms in total. The third-order valence-corrected chi connectivity index (χ3v) is 6.71. The molecule has 1 saturated carbocycles. The lowest BCUT2D eigenvalue weighted by atomic mass is 9.84. The molecule has 0 bridgehead atoms. The minimum atomic E-state index is -0.515. The molecule has 160 valence electrons. The number of hydrogen-bond acceptors (Lipinski definition) is 4. The lowest BCUT2D eigenvalue weighted by molar-refractivity contribution is -0.120. The van der Waals surface area contributed by atoms with Crippen LogP contribution in [0, 0.1) is 5.92 Å². The number of likely N-dealkylation sites (tertiary alicyclic amines) is 1. The fourth-order valence-corrected chi connectivity index (χ4v) is 5.15. The van der Waals surface area contributed by atoms with Crippen LogP contribution in [0.1, 0.15) is 42.5 Å². The summed E-state index contributed by atoms with van der Waals surface area (Å²) in [6.45, 7) is 0. The molecule has 2 aliphatic rings. The number of oxazole rings is 1. The molecule has 1 aliphatic carbocycles. The highest BCUT2D eigenvalue weighted by atomic mass is 16.4. The summed E-state index contributed by atoms with van der Waals surface area (Å²) < 4.78 is 6.65. The minimum Gasteiger partial charge on any atom is -0.408 e. The third-order valence-electron chi connectivity index (χ3n) is 6.71. The van der Waals surface area contributed by atoms with Crippen LogP contribution >= 0.6 is 0 Å². The summed E-state index contributed by atoms with van der Waals surface area (Å²) in [6, 6.07) is 13.9. The van der Waals surface area contributed by atoms with E-state index in [9.17, 15) is 14.4 Å². The topological polar surface area (TPSA) is 84.6 Å². The van der Waals surface area contributed by atoms with E-state index >= 15 is 0 Å². The zero-order valence-electron chi connectivity index (χ0n) is 17.4. The van der Waals surface area contributed by atoms with Gasteiger partial charge in [0.05, 0.1) is 5.52 Å². The third kappa shape index (κ3) is 3.44. The molecule has 5 rings (SSSR count). The minimum absolute atomic E-state index is 0.0836. The van der Waals surface area contributed by atoms with Crippen LogP contribution in [-0.4, -0.2) is 33.4 Å². The van der Waals surface area contributed by atoms with E-state index in [0.717, 1.165) is 25.7 Å². The van der Waals surface area contributed by atoms with Gasteiger partial charge in [-0.1, -0.05) is 31.0 Å². The first-order valence-corrected chi connectivity index (χ1v) is 10.8. The van der Waals surface area contributed by atoms with Gasteiger partial charge in [0.25, 0.3) is 5.91 Å². The van der Waals surface area contributed by atoms with Crippen molar-refractivity contribution in [3.8, 4) is 0 Å². The number of rotatable bonds is 3. The molecule has 1 N–H and O–H groups in total. The number of nitrogens with zero attached hydrogens (tertiary/aromatic N) is 2. The molecule has 0 spiro atoms. The van der Waals surface area contributed by atoms with Gasteiger partial charge in [0.2, 0.25) is 5.91 Å². The SMILES string of the molecule is Cn1c(=O)oc2cc(NC(=O)C3CC4CCCCC4N3C(=O)c3ccccc3)ccc21. The molecule has 2 amide bonds. The van der Waals surface area contributed by atoms with Crippen molar-refractivity contribution >= 4 is 28.6 Å². The number of hydrogen-bond donors (Lipinski definition) is 1. The van der Waals surface area contributed by atoms with Gasteiger partial charge in [0, 0.05) is 30.4 Å². The second kappa shape index (κ2) is 7.72. The Morgan fingerprint density at radius 3 is 2.65 bits per heavy atom. The maximum atomic E-state index is 13.4. The van der Waals surface area contributed by atoms with Crippen molar-refractivity contribution < 1.29 is 14.0 Å². The summed E-state index contributed by atoms with van der Waals surface area (Å²) >= 11 is 0. The van der Waals surface area contributed by atoms with Crippen LogP contribution in [0.4, 0.5) is 5.69 Å². The smallest absolute Gasteiger partial charge is 0.408 e. The average Bonchev–Trinajstić information content (AvgIpc) is 3.31. The Morgan fingerprint density at radius 2 is 1.84 bits per heavy atom. The van der Waals surface area contributed by atoms with E-state index in [2.05, 4.69) is 5.32 Å². The highest BCUT2D eigenvalue weighted by Crippen LogP contribution is 2.41. The Bertz CT molecular complexity index is 1200. The predicted molar refractivity (Wildman–Crippen MR) is 117 cm³/mol. The number of aryl methyl sites for hydroxylation is 1. The Morgan fingerprint density at radius 1 is 1.06 bits per heavy atom. The van der Waals surface area contributed by atoms with Crippen LogP contribution in [0.15, 0.2) is 57.7 Å². The van der Waals surface area contributed by atoms with E-state index in [4.69, 9.17) is 4.42 Å². The van der Waals surface area contributed by atoms with Crippen molar-refractivity contribution in [2.45, 2.75) is 44.2 Å². The molecule has 7 heteroatoms.